The third-order valence-corrected chi connectivity index (χ3v) is 4.11. The Kier molecular flexibility index (Phi) is 4.07. The zero-order valence-electron chi connectivity index (χ0n) is 10.0. The van der Waals surface area contributed by atoms with Crippen LogP contribution in [0.1, 0.15) is 13.8 Å². The first-order valence-electron chi connectivity index (χ1n) is 5.20. The fraction of sp³-hybridized carbons (Fsp3) is 0.800. The predicted molar refractivity (Wildman–Crippen MR) is 63.4 cm³/mol. The zero-order valence-corrected chi connectivity index (χ0v) is 10.8. The standard InChI is InChI=1S/C10H18N2O3S/c1-6(2)8-12(10(15)11(3)4)7(5-16-8)9(13)14/h6-8H,5H2,1-4H3,(H,13,14). The zero-order chi connectivity index (χ0) is 12.5. The first-order chi connectivity index (χ1) is 7.36. The lowest BCUT2D eigenvalue weighted by Gasteiger charge is -2.31. The van der Waals surface area contributed by atoms with Gasteiger partial charge in [-0.05, 0) is 5.92 Å². The van der Waals surface area contributed by atoms with E-state index in [2.05, 4.69) is 0 Å². The molecule has 0 aromatic carbocycles. The number of rotatable bonds is 2. The summed E-state index contributed by atoms with van der Waals surface area (Å²) < 4.78 is 0. The number of carboxylic acids is 1. The maximum atomic E-state index is 12.0. The number of carboxylic acid groups (broad SMARTS) is 1. The summed E-state index contributed by atoms with van der Waals surface area (Å²) in [6, 6.07) is -0.927. The van der Waals surface area contributed by atoms with Crippen molar-refractivity contribution in [3.8, 4) is 0 Å². The lowest BCUT2D eigenvalue weighted by Crippen LogP contribution is -2.50. The number of amides is 2. The van der Waals surface area contributed by atoms with E-state index in [-0.39, 0.29) is 17.3 Å². The van der Waals surface area contributed by atoms with Gasteiger partial charge >= 0.3 is 12.0 Å². The third-order valence-electron chi connectivity index (χ3n) is 2.49. The topological polar surface area (TPSA) is 60.9 Å². The molecule has 1 saturated heterocycles. The predicted octanol–water partition coefficient (Wildman–Crippen LogP) is 1.15. The third kappa shape index (κ3) is 2.42. The van der Waals surface area contributed by atoms with Crippen LogP contribution in [-0.4, -0.2) is 58.2 Å². The van der Waals surface area contributed by atoms with Crippen molar-refractivity contribution in [3.63, 3.8) is 0 Å². The Balaban J connectivity index is 2.93. The molecule has 0 aromatic rings. The van der Waals surface area contributed by atoms with E-state index in [4.69, 9.17) is 5.11 Å². The summed E-state index contributed by atoms with van der Waals surface area (Å²) in [5.74, 6) is -0.207. The molecule has 0 saturated carbocycles. The maximum Gasteiger partial charge on any atom is 0.327 e. The minimum absolute atomic E-state index is 0.0454. The Morgan fingerprint density at radius 3 is 2.38 bits per heavy atom. The first-order valence-corrected chi connectivity index (χ1v) is 6.25. The minimum atomic E-state index is -0.925. The van der Waals surface area contributed by atoms with Crippen LogP contribution in [0.2, 0.25) is 0 Å². The molecule has 16 heavy (non-hydrogen) atoms. The Labute approximate surface area is 99.8 Å². The van der Waals surface area contributed by atoms with Crippen LogP contribution in [0.15, 0.2) is 0 Å². The van der Waals surface area contributed by atoms with Crippen molar-refractivity contribution in [3.05, 3.63) is 0 Å². The molecule has 0 radical (unpaired) electrons. The Bertz CT molecular complexity index is 294. The van der Waals surface area contributed by atoms with Gasteiger partial charge in [0.25, 0.3) is 0 Å². The Hall–Kier alpha value is -0.910. The molecule has 6 heteroatoms. The smallest absolute Gasteiger partial charge is 0.327 e. The van der Waals surface area contributed by atoms with Gasteiger partial charge in [0.05, 0.1) is 5.37 Å². The van der Waals surface area contributed by atoms with Gasteiger partial charge in [-0.25, -0.2) is 9.59 Å². The second-order valence-corrected chi connectivity index (χ2v) is 5.56. The highest BCUT2D eigenvalue weighted by molar-refractivity contribution is 8.00. The second-order valence-electron chi connectivity index (χ2n) is 4.41. The molecule has 92 valence electrons. The number of carbonyl (C=O) groups excluding carboxylic acids is 1. The van der Waals surface area contributed by atoms with Gasteiger partial charge < -0.3 is 10.0 Å². The van der Waals surface area contributed by atoms with Crippen LogP contribution >= 0.6 is 11.8 Å². The van der Waals surface area contributed by atoms with Gasteiger partial charge in [-0.2, -0.15) is 0 Å². The molecular weight excluding hydrogens is 228 g/mol. The summed E-state index contributed by atoms with van der Waals surface area (Å²) >= 11 is 1.54. The molecule has 0 bridgehead atoms. The molecule has 2 amide bonds. The van der Waals surface area contributed by atoms with Crippen LogP contribution in [0.4, 0.5) is 4.79 Å². The highest BCUT2D eigenvalue weighted by Gasteiger charge is 2.43. The van der Waals surface area contributed by atoms with Crippen LogP contribution in [0.25, 0.3) is 0 Å². The molecule has 1 aliphatic rings. The molecule has 1 N–H and O–H groups in total. The van der Waals surface area contributed by atoms with Gasteiger partial charge in [-0.3, -0.25) is 4.90 Å². The number of thioether (sulfide) groups is 1. The number of nitrogens with zero attached hydrogens (tertiary/aromatic N) is 2. The molecule has 0 aliphatic carbocycles. The normalized spacial score (nSPS) is 24.9. The van der Waals surface area contributed by atoms with Crippen molar-refractivity contribution in [1.82, 2.24) is 9.80 Å². The molecule has 2 unspecified atom stereocenters. The van der Waals surface area contributed by atoms with E-state index in [9.17, 15) is 9.59 Å². The summed E-state index contributed by atoms with van der Waals surface area (Å²) in [5, 5.41) is 9.04. The summed E-state index contributed by atoms with van der Waals surface area (Å²) in [6.07, 6.45) is 0. The van der Waals surface area contributed by atoms with E-state index >= 15 is 0 Å². The van der Waals surface area contributed by atoms with Gasteiger partial charge in [0, 0.05) is 19.8 Å². The van der Waals surface area contributed by atoms with Crippen LogP contribution in [0, 0.1) is 5.92 Å². The Morgan fingerprint density at radius 1 is 1.44 bits per heavy atom. The van der Waals surface area contributed by atoms with Crippen molar-refractivity contribution in [2.45, 2.75) is 25.3 Å². The van der Waals surface area contributed by atoms with E-state index in [1.54, 1.807) is 14.1 Å². The average molecular weight is 246 g/mol. The summed E-state index contributed by atoms with van der Waals surface area (Å²) in [4.78, 5) is 25.9. The number of urea groups is 1. The van der Waals surface area contributed by atoms with Gasteiger partial charge in [0.15, 0.2) is 0 Å². The Morgan fingerprint density at radius 2 is 2.00 bits per heavy atom. The molecule has 1 rings (SSSR count). The van der Waals surface area contributed by atoms with Crippen molar-refractivity contribution in [2.75, 3.05) is 19.8 Å². The fourth-order valence-corrected chi connectivity index (χ4v) is 3.17. The van der Waals surface area contributed by atoms with E-state index in [1.807, 2.05) is 13.8 Å². The molecule has 5 nitrogen and oxygen atoms in total. The van der Waals surface area contributed by atoms with Gasteiger partial charge in [-0.15, -0.1) is 11.8 Å². The first kappa shape index (κ1) is 13.2. The highest BCUT2D eigenvalue weighted by atomic mass is 32.2. The van der Waals surface area contributed by atoms with Crippen molar-refractivity contribution >= 4 is 23.8 Å². The average Bonchev–Trinajstić information content (AvgIpc) is 2.59. The summed E-state index contributed by atoms with van der Waals surface area (Å²) in [6.45, 7) is 4.00. The van der Waals surface area contributed by atoms with Crippen molar-refractivity contribution in [2.24, 2.45) is 5.92 Å². The SMILES string of the molecule is CC(C)C1SCC(C(=O)O)N1C(=O)N(C)C. The van der Waals surface area contributed by atoms with Crippen LogP contribution in [-0.2, 0) is 4.79 Å². The molecule has 1 fully saturated rings. The molecule has 1 heterocycles. The number of carbonyl (C=O) groups is 2. The maximum absolute atomic E-state index is 12.0. The van der Waals surface area contributed by atoms with E-state index < -0.39 is 12.0 Å². The van der Waals surface area contributed by atoms with E-state index in [1.165, 1.54) is 21.6 Å². The minimum Gasteiger partial charge on any atom is -0.480 e. The molecular formula is C10H18N2O3S. The second kappa shape index (κ2) is 4.95. The van der Waals surface area contributed by atoms with E-state index in [0.717, 1.165) is 0 Å². The largest absolute Gasteiger partial charge is 0.480 e. The fourth-order valence-electron chi connectivity index (χ4n) is 1.70. The van der Waals surface area contributed by atoms with Gasteiger partial charge in [0.2, 0.25) is 0 Å². The van der Waals surface area contributed by atoms with Crippen LogP contribution < -0.4 is 0 Å². The lowest BCUT2D eigenvalue weighted by molar-refractivity contribution is -0.141. The quantitative estimate of drug-likeness (QED) is 0.794. The summed E-state index contributed by atoms with van der Waals surface area (Å²) in [7, 11) is 3.28. The van der Waals surface area contributed by atoms with Crippen molar-refractivity contribution < 1.29 is 14.7 Å². The lowest BCUT2D eigenvalue weighted by atomic mass is 10.1. The van der Waals surface area contributed by atoms with Crippen molar-refractivity contribution in [1.29, 1.82) is 0 Å². The number of hydrogen-bond donors (Lipinski definition) is 1. The van der Waals surface area contributed by atoms with Gasteiger partial charge in [-0.1, -0.05) is 13.8 Å². The number of hydrogen-bond acceptors (Lipinski definition) is 3. The van der Waals surface area contributed by atoms with E-state index in [0.29, 0.717) is 5.75 Å². The molecule has 1 aliphatic heterocycles. The molecule has 2 atom stereocenters. The monoisotopic (exact) mass is 246 g/mol. The molecule has 0 aromatic heterocycles. The van der Waals surface area contributed by atoms with Crippen LogP contribution in [0.5, 0.6) is 0 Å². The highest BCUT2D eigenvalue weighted by Crippen LogP contribution is 2.34. The molecule has 0 spiro atoms. The van der Waals surface area contributed by atoms with Crippen LogP contribution in [0.3, 0.4) is 0 Å². The van der Waals surface area contributed by atoms with Gasteiger partial charge in [0.1, 0.15) is 6.04 Å². The number of aliphatic carboxylic acids is 1. The summed E-state index contributed by atoms with van der Waals surface area (Å²) in [5.41, 5.74) is 0.